The molecule has 2 heterocycles. The Bertz CT molecular complexity index is 1080. The Morgan fingerprint density at radius 2 is 1.81 bits per heavy atom. The minimum Gasteiger partial charge on any atom is -0.508 e. The molecule has 0 spiro atoms. The van der Waals surface area contributed by atoms with Gasteiger partial charge in [-0.1, -0.05) is 18.7 Å². The van der Waals surface area contributed by atoms with Gasteiger partial charge in [-0.25, -0.2) is 9.59 Å². The zero-order chi connectivity index (χ0) is 26.9. The van der Waals surface area contributed by atoms with E-state index in [1.165, 1.54) is 18.2 Å². The molecule has 1 saturated heterocycles. The number of aliphatic hydroxyl groups excluding tert-OH is 4. The molecule has 1 saturated carbocycles. The van der Waals surface area contributed by atoms with E-state index in [2.05, 4.69) is 6.58 Å². The number of esters is 1. The third-order valence-electron chi connectivity index (χ3n) is 6.69. The van der Waals surface area contributed by atoms with Gasteiger partial charge in [0.05, 0.1) is 30.5 Å². The maximum Gasteiger partial charge on any atom is 0.334 e. The Morgan fingerprint density at radius 1 is 1.11 bits per heavy atom. The summed E-state index contributed by atoms with van der Waals surface area (Å²) in [5.41, 5.74) is 0.782. The second-order valence-electron chi connectivity index (χ2n) is 9.01. The SMILES string of the molecule is C=C1[C@H]2[C@H](O[C@H]3O[C@@H](CO)[C@H](O)[C@@H](O)[C@@H]3OC(=O)/C=C/c3ccc(O)cc3)OC=C(C(=O)O)[C@@H]2C[C@H]1O. The van der Waals surface area contributed by atoms with Gasteiger partial charge in [-0.3, -0.25) is 0 Å². The molecule has 0 radical (unpaired) electrons. The van der Waals surface area contributed by atoms with Crippen molar-refractivity contribution >= 4 is 18.0 Å². The van der Waals surface area contributed by atoms with E-state index in [1.807, 2.05) is 0 Å². The van der Waals surface area contributed by atoms with E-state index in [0.717, 1.165) is 12.3 Å². The number of carbonyl (C=O) groups is 2. The van der Waals surface area contributed by atoms with Crippen LogP contribution >= 0.6 is 0 Å². The van der Waals surface area contributed by atoms with Crippen LogP contribution in [0.4, 0.5) is 0 Å². The average molecular weight is 520 g/mol. The molecule has 200 valence electrons. The number of carboxylic acid groups (broad SMARTS) is 1. The van der Waals surface area contributed by atoms with Gasteiger partial charge >= 0.3 is 11.9 Å². The van der Waals surface area contributed by atoms with Gasteiger partial charge in [-0.15, -0.1) is 0 Å². The number of aromatic hydroxyl groups is 1. The number of ether oxygens (including phenoxy) is 4. The zero-order valence-corrected chi connectivity index (χ0v) is 19.5. The lowest BCUT2D eigenvalue weighted by atomic mass is 9.85. The second kappa shape index (κ2) is 11.0. The van der Waals surface area contributed by atoms with Crippen molar-refractivity contribution in [2.75, 3.05) is 6.61 Å². The molecular weight excluding hydrogens is 492 g/mol. The molecule has 0 aromatic heterocycles. The van der Waals surface area contributed by atoms with Crippen molar-refractivity contribution in [3.05, 3.63) is 59.9 Å². The van der Waals surface area contributed by atoms with Gasteiger partial charge in [-0.2, -0.15) is 0 Å². The number of hydrogen-bond donors (Lipinski definition) is 6. The van der Waals surface area contributed by atoms with Crippen molar-refractivity contribution in [3.63, 3.8) is 0 Å². The largest absolute Gasteiger partial charge is 0.508 e. The van der Waals surface area contributed by atoms with Crippen LogP contribution in [0, 0.1) is 11.8 Å². The Kier molecular flexibility index (Phi) is 7.97. The number of phenolic OH excluding ortho intramolecular Hbond substituents is 1. The molecule has 9 atom stereocenters. The van der Waals surface area contributed by atoms with Crippen LogP contribution in [0.2, 0.25) is 0 Å². The van der Waals surface area contributed by atoms with Gasteiger partial charge in [-0.05, 0) is 35.8 Å². The van der Waals surface area contributed by atoms with Gasteiger partial charge in [0.2, 0.25) is 12.6 Å². The maximum absolute atomic E-state index is 12.5. The maximum atomic E-state index is 12.5. The molecule has 12 nitrogen and oxygen atoms in total. The number of fused-ring (bicyclic) bond motifs is 1. The predicted octanol–water partition coefficient (Wildman–Crippen LogP) is -0.349. The smallest absolute Gasteiger partial charge is 0.334 e. The highest BCUT2D eigenvalue weighted by atomic mass is 16.8. The van der Waals surface area contributed by atoms with Gasteiger partial charge in [0, 0.05) is 12.0 Å². The second-order valence-corrected chi connectivity index (χ2v) is 9.01. The highest BCUT2D eigenvalue weighted by Gasteiger charge is 2.53. The van der Waals surface area contributed by atoms with Crippen LogP contribution in [-0.4, -0.2) is 92.3 Å². The molecule has 1 aromatic rings. The summed E-state index contributed by atoms with van der Waals surface area (Å²) in [6.45, 7) is 3.14. The molecule has 0 amide bonds. The Morgan fingerprint density at radius 3 is 2.46 bits per heavy atom. The first-order valence-corrected chi connectivity index (χ1v) is 11.5. The molecule has 4 rings (SSSR count). The molecular formula is C25H28O12. The third-order valence-corrected chi connectivity index (χ3v) is 6.69. The van der Waals surface area contributed by atoms with Crippen molar-refractivity contribution in [3.8, 4) is 5.75 Å². The summed E-state index contributed by atoms with van der Waals surface area (Å²) in [6, 6.07) is 5.96. The fourth-order valence-electron chi connectivity index (χ4n) is 4.69. The minimum absolute atomic E-state index is 0.0459. The molecule has 2 aliphatic heterocycles. The van der Waals surface area contributed by atoms with Crippen molar-refractivity contribution in [1.29, 1.82) is 0 Å². The summed E-state index contributed by atoms with van der Waals surface area (Å²) >= 11 is 0. The quantitative estimate of drug-likeness (QED) is 0.156. The molecule has 0 unspecified atom stereocenters. The third kappa shape index (κ3) is 5.54. The lowest BCUT2D eigenvalue weighted by Gasteiger charge is -2.43. The number of aliphatic hydroxyl groups is 4. The summed E-state index contributed by atoms with van der Waals surface area (Å²) in [5.74, 6) is -3.57. The van der Waals surface area contributed by atoms with E-state index in [4.69, 9.17) is 18.9 Å². The molecule has 1 aromatic carbocycles. The number of carbonyl (C=O) groups excluding carboxylic acids is 1. The van der Waals surface area contributed by atoms with Crippen LogP contribution in [0.1, 0.15) is 12.0 Å². The van der Waals surface area contributed by atoms with E-state index in [1.54, 1.807) is 12.1 Å². The van der Waals surface area contributed by atoms with Crippen LogP contribution in [0.15, 0.2) is 54.3 Å². The number of hydrogen-bond acceptors (Lipinski definition) is 11. The number of rotatable bonds is 7. The van der Waals surface area contributed by atoms with E-state index in [0.29, 0.717) is 5.56 Å². The molecule has 0 bridgehead atoms. The van der Waals surface area contributed by atoms with Gasteiger partial charge in [0.1, 0.15) is 24.1 Å². The first-order valence-electron chi connectivity index (χ1n) is 11.5. The molecule has 12 heteroatoms. The highest BCUT2D eigenvalue weighted by Crippen LogP contribution is 2.46. The van der Waals surface area contributed by atoms with E-state index >= 15 is 0 Å². The van der Waals surface area contributed by atoms with Crippen molar-refractivity contribution in [2.24, 2.45) is 11.8 Å². The van der Waals surface area contributed by atoms with Crippen LogP contribution in [0.3, 0.4) is 0 Å². The van der Waals surface area contributed by atoms with Gasteiger partial charge in [0.15, 0.2) is 6.10 Å². The Balaban J connectivity index is 1.54. The molecule has 6 N–H and O–H groups in total. The Hall–Kier alpha value is -3.26. The topological polar surface area (TPSA) is 192 Å². The number of benzene rings is 1. The molecule has 3 aliphatic rings. The zero-order valence-electron chi connectivity index (χ0n) is 19.5. The normalized spacial score (nSPS) is 35.5. The standard InChI is InChI=1S/C25H28O12/c1-11-16(28)8-14-15(23(32)33)10-34-24(19(11)14)37-25-22(21(31)20(30)17(9-26)35-25)36-18(29)7-4-12-2-5-13(27)6-3-12/h2-7,10,14,16-17,19-22,24-28,30-31H,1,8-9H2,(H,32,33)/b7-4+/t14-,16+,17-,19+,20-,21+,22-,24-,25+/m0/s1. The summed E-state index contributed by atoms with van der Waals surface area (Å²) < 4.78 is 22.3. The average Bonchev–Trinajstić information content (AvgIpc) is 3.17. The summed E-state index contributed by atoms with van der Waals surface area (Å²) in [7, 11) is 0. The van der Waals surface area contributed by atoms with Crippen LogP contribution in [0.5, 0.6) is 5.75 Å². The summed E-state index contributed by atoms with van der Waals surface area (Å²) in [4.78, 5) is 24.2. The molecule has 1 aliphatic carbocycles. The van der Waals surface area contributed by atoms with Gasteiger partial charge < -0.3 is 49.6 Å². The van der Waals surface area contributed by atoms with Crippen molar-refractivity contribution in [1.82, 2.24) is 0 Å². The lowest BCUT2D eigenvalue weighted by Crippen LogP contribution is -2.61. The first-order chi connectivity index (χ1) is 17.6. The molecule has 2 fully saturated rings. The summed E-state index contributed by atoms with van der Waals surface area (Å²) in [6.07, 6.45) is -6.44. The van der Waals surface area contributed by atoms with Crippen molar-refractivity contribution in [2.45, 2.75) is 49.5 Å². The van der Waals surface area contributed by atoms with E-state index < -0.39 is 73.5 Å². The summed E-state index contributed by atoms with van der Waals surface area (Å²) in [5, 5.41) is 59.7. The number of aliphatic carboxylic acids is 1. The van der Waals surface area contributed by atoms with Crippen LogP contribution in [0.25, 0.3) is 6.08 Å². The van der Waals surface area contributed by atoms with Gasteiger partial charge in [0.25, 0.3) is 0 Å². The van der Waals surface area contributed by atoms with Crippen molar-refractivity contribution < 1.29 is 59.2 Å². The van der Waals surface area contributed by atoms with E-state index in [9.17, 15) is 40.2 Å². The first kappa shape index (κ1) is 26.8. The van der Waals surface area contributed by atoms with Crippen LogP contribution in [-0.2, 0) is 28.5 Å². The monoisotopic (exact) mass is 520 g/mol. The lowest BCUT2D eigenvalue weighted by molar-refractivity contribution is -0.340. The van der Waals surface area contributed by atoms with E-state index in [-0.39, 0.29) is 23.3 Å². The Labute approximate surface area is 211 Å². The molecule has 37 heavy (non-hydrogen) atoms. The fraction of sp³-hybridized carbons (Fsp3) is 0.440. The van der Waals surface area contributed by atoms with Crippen LogP contribution < -0.4 is 0 Å². The minimum atomic E-state index is -1.72. The predicted molar refractivity (Wildman–Crippen MR) is 123 cm³/mol. The number of phenols is 1. The number of carboxylic acids is 1. The highest BCUT2D eigenvalue weighted by molar-refractivity contribution is 5.88. The fourth-order valence-corrected chi connectivity index (χ4v) is 4.69.